The van der Waals surface area contributed by atoms with Crippen molar-refractivity contribution >= 4 is 46.4 Å². The number of hydrogen-bond acceptors (Lipinski definition) is 5. The molecule has 0 aromatic heterocycles. The molecule has 0 unspecified atom stereocenters. The van der Waals surface area contributed by atoms with Gasteiger partial charge in [0.15, 0.2) is 11.3 Å². The average molecular weight is 559 g/mol. The highest BCUT2D eigenvalue weighted by Crippen LogP contribution is 2.58. The van der Waals surface area contributed by atoms with E-state index in [0.717, 1.165) is 18.4 Å². The SMILES string of the molecule is O=C1Nc2ccccc2[C@]12[C@H]([N+](=O)[O-])[C@@H](c1cc(Cl)c(OCc3ccccc3Cl)c(Cl)c1)[C@@H]1CCCN12. The maximum atomic E-state index is 13.6. The molecule has 3 aliphatic heterocycles. The first-order valence-electron chi connectivity index (χ1n) is 12.0. The van der Waals surface area contributed by atoms with Gasteiger partial charge in [-0.25, -0.2) is 0 Å². The van der Waals surface area contributed by atoms with Gasteiger partial charge in [-0.2, -0.15) is 0 Å². The number of para-hydroxylation sites is 1. The van der Waals surface area contributed by atoms with Gasteiger partial charge in [0, 0.05) is 39.3 Å². The first-order chi connectivity index (χ1) is 17.8. The zero-order valence-corrected chi connectivity index (χ0v) is 21.8. The van der Waals surface area contributed by atoms with Gasteiger partial charge in [-0.15, -0.1) is 0 Å². The van der Waals surface area contributed by atoms with Crippen molar-refractivity contribution in [2.75, 3.05) is 11.9 Å². The van der Waals surface area contributed by atoms with Crippen LogP contribution in [0.4, 0.5) is 5.69 Å². The molecule has 0 aliphatic carbocycles. The normalized spacial score (nSPS) is 26.2. The number of fused-ring (bicyclic) bond motifs is 4. The Balaban J connectivity index is 1.42. The number of nitrogens with zero attached hydrogens (tertiary/aromatic N) is 2. The number of nitro groups is 1. The van der Waals surface area contributed by atoms with Gasteiger partial charge in [-0.1, -0.05) is 71.2 Å². The Morgan fingerprint density at radius 2 is 1.76 bits per heavy atom. The summed E-state index contributed by atoms with van der Waals surface area (Å²) in [5, 5.41) is 16.7. The molecular weight excluding hydrogens is 537 g/mol. The number of benzene rings is 3. The van der Waals surface area contributed by atoms with E-state index in [0.29, 0.717) is 28.4 Å². The van der Waals surface area contributed by atoms with Crippen LogP contribution in [0.2, 0.25) is 15.1 Å². The van der Waals surface area contributed by atoms with Crippen molar-refractivity contribution in [3.8, 4) is 5.75 Å². The number of nitrogens with one attached hydrogen (secondary N) is 1. The van der Waals surface area contributed by atoms with E-state index in [1.807, 2.05) is 41.3 Å². The number of carbonyl (C=O) groups is 1. The molecule has 1 amide bonds. The molecule has 0 bridgehead atoms. The van der Waals surface area contributed by atoms with Gasteiger partial charge in [0.05, 0.1) is 16.0 Å². The maximum absolute atomic E-state index is 13.6. The Hall–Kier alpha value is -2.84. The third kappa shape index (κ3) is 3.63. The van der Waals surface area contributed by atoms with E-state index in [1.165, 1.54) is 0 Å². The van der Waals surface area contributed by atoms with Crippen LogP contribution < -0.4 is 10.1 Å². The number of halogens is 3. The van der Waals surface area contributed by atoms with Crippen LogP contribution in [0, 0.1) is 10.1 Å². The lowest BCUT2D eigenvalue weighted by Crippen LogP contribution is -2.55. The molecule has 1 spiro atoms. The molecular formula is C27H22Cl3N3O4. The van der Waals surface area contributed by atoms with Crippen LogP contribution in [0.25, 0.3) is 0 Å². The van der Waals surface area contributed by atoms with Crippen LogP contribution in [-0.4, -0.2) is 34.4 Å². The fourth-order valence-corrected chi connectivity index (χ4v) is 7.25. The Morgan fingerprint density at radius 1 is 1.05 bits per heavy atom. The standard InChI is InChI=1S/C27H22Cl3N3O4/c28-18-8-3-1-6-15(18)14-37-24-19(29)12-16(13-20(24)30)23-22-10-5-11-32(22)27(25(23)33(35)36)17-7-2-4-9-21(17)31-26(27)34/h1-4,6-9,12-13,22-23,25H,5,10-11,14H2,(H,31,34)/t22-,23-,25+,27-/m0/s1. The van der Waals surface area contributed by atoms with E-state index in [1.54, 1.807) is 24.3 Å². The minimum absolute atomic E-state index is 0.163. The third-order valence-corrected chi connectivity index (χ3v) is 8.76. The zero-order chi connectivity index (χ0) is 25.9. The number of ether oxygens (including phenoxy) is 1. The van der Waals surface area contributed by atoms with Crippen molar-refractivity contribution in [1.29, 1.82) is 0 Å². The van der Waals surface area contributed by atoms with E-state index in [2.05, 4.69) is 5.32 Å². The fourth-order valence-electron chi connectivity index (χ4n) is 6.45. The lowest BCUT2D eigenvalue weighted by atomic mass is 9.77. The molecule has 2 fully saturated rings. The predicted octanol–water partition coefficient (Wildman–Crippen LogP) is 6.28. The second kappa shape index (κ2) is 9.17. The summed E-state index contributed by atoms with van der Waals surface area (Å²) < 4.78 is 5.91. The summed E-state index contributed by atoms with van der Waals surface area (Å²) in [6.45, 7) is 0.754. The minimum Gasteiger partial charge on any atom is -0.486 e. The maximum Gasteiger partial charge on any atom is 0.256 e. The van der Waals surface area contributed by atoms with Crippen molar-refractivity contribution in [2.45, 2.75) is 43.0 Å². The van der Waals surface area contributed by atoms with Crippen LogP contribution in [0.3, 0.4) is 0 Å². The molecule has 10 heteroatoms. The number of anilines is 1. The molecule has 2 saturated heterocycles. The molecule has 1 N–H and O–H groups in total. The lowest BCUT2D eigenvalue weighted by Gasteiger charge is -2.32. The van der Waals surface area contributed by atoms with E-state index in [9.17, 15) is 14.9 Å². The molecule has 4 atom stereocenters. The first-order valence-corrected chi connectivity index (χ1v) is 13.1. The summed E-state index contributed by atoms with van der Waals surface area (Å²) in [6, 6.07) is 16.5. The first kappa shape index (κ1) is 24.5. The highest BCUT2D eigenvalue weighted by Gasteiger charge is 2.73. The molecule has 3 aliphatic rings. The lowest BCUT2D eigenvalue weighted by molar-refractivity contribution is -0.534. The van der Waals surface area contributed by atoms with Crippen LogP contribution in [0.15, 0.2) is 60.7 Å². The highest BCUT2D eigenvalue weighted by molar-refractivity contribution is 6.37. The Labute approximate surface area is 228 Å². The van der Waals surface area contributed by atoms with E-state index >= 15 is 0 Å². The van der Waals surface area contributed by atoms with Gasteiger partial charge >= 0.3 is 0 Å². The number of amides is 1. The Kier molecular flexibility index (Phi) is 6.07. The molecule has 6 rings (SSSR count). The average Bonchev–Trinajstić information content (AvgIpc) is 3.52. The van der Waals surface area contributed by atoms with Gasteiger partial charge in [-0.3, -0.25) is 19.8 Å². The summed E-state index contributed by atoms with van der Waals surface area (Å²) in [5.41, 5.74) is 1.26. The third-order valence-electron chi connectivity index (χ3n) is 7.83. The van der Waals surface area contributed by atoms with Crippen LogP contribution in [-0.2, 0) is 16.9 Å². The van der Waals surface area contributed by atoms with Gasteiger partial charge < -0.3 is 10.1 Å². The minimum atomic E-state index is -1.40. The van der Waals surface area contributed by atoms with E-state index in [4.69, 9.17) is 39.5 Å². The van der Waals surface area contributed by atoms with Gasteiger partial charge in [0.2, 0.25) is 0 Å². The fraction of sp³-hybridized carbons (Fsp3) is 0.296. The van der Waals surface area contributed by atoms with Gasteiger partial charge in [-0.05, 0) is 42.7 Å². The molecule has 0 saturated carbocycles. The second-order valence-electron chi connectivity index (χ2n) is 9.62. The summed E-state index contributed by atoms with van der Waals surface area (Å²) >= 11 is 19.5. The number of carbonyl (C=O) groups excluding carboxylic acids is 1. The topological polar surface area (TPSA) is 84.7 Å². The molecule has 0 radical (unpaired) electrons. The molecule has 190 valence electrons. The van der Waals surface area contributed by atoms with Crippen molar-refractivity contribution in [3.63, 3.8) is 0 Å². The second-order valence-corrected chi connectivity index (χ2v) is 10.8. The van der Waals surface area contributed by atoms with Gasteiger partial charge in [0.1, 0.15) is 6.61 Å². The van der Waals surface area contributed by atoms with Crippen LogP contribution in [0.5, 0.6) is 5.75 Å². The molecule has 37 heavy (non-hydrogen) atoms. The van der Waals surface area contributed by atoms with Gasteiger partial charge in [0.25, 0.3) is 11.9 Å². The Bertz CT molecular complexity index is 1410. The largest absolute Gasteiger partial charge is 0.486 e. The highest BCUT2D eigenvalue weighted by atomic mass is 35.5. The number of hydrogen-bond donors (Lipinski definition) is 1. The Morgan fingerprint density at radius 3 is 2.49 bits per heavy atom. The quantitative estimate of drug-likeness (QED) is 0.294. The van der Waals surface area contributed by atoms with Crippen molar-refractivity contribution in [1.82, 2.24) is 4.90 Å². The van der Waals surface area contributed by atoms with E-state index in [-0.39, 0.29) is 39.3 Å². The number of rotatable bonds is 5. The smallest absolute Gasteiger partial charge is 0.256 e. The summed E-state index contributed by atoms with van der Waals surface area (Å²) in [6.07, 6.45) is 1.56. The predicted molar refractivity (Wildman–Crippen MR) is 142 cm³/mol. The van der Waals surface area contributed by atoms with Crippen molar-refractivity contribution in [2.24, 2.45) is 0 Å². The summed E-state index contributed by atoms with van der Waals surface area (Å²) in [4.78, 5) is 28.1. The van der Waals surface area contributed by atoms with Crippen molar-refractivity contribution in [3.05, 3.63) is 103 Å². The molecule has 3 aromatic carbocycles. The summed E-state index contributed by atoms with van der Waals surface area (Å²) in [5.74, 6) is -0.673. The van der Waals surface area contributed by atoms with E-state index < -0.39 is 17.5 Å². The molecule has 3 heterocycles. The monoisotopic (exact) mass is 557 g/mol. The molecule has 3 aromatic rings. The van der Waals surface area contributed by atoms with Crippen LogP contribution >= 0.6 is 34.8 Å². The summed E-state index contributed by atoms with van der Waals surface area (Å²) in [7, 11) is 0. The van der Waals surface area contributed by atoms with Crippen LogP contribution in [0.1, 0.15) is 35.4 Å². The molecule has 7 nitrogen and oxygen atoms in total. The van der Waals surface area contributed by atoms with Crippen molar-refractivity contribution < 1.29 is 14.5 Å². The zero-order valence-electron chi connectivity index (χ0n) is 19.5.